The van der Waals surface area contributed by atoms with E-state index < -0.39 is 0 Å². The van der Waals surface area contributed by atoms with E-state index >= 15 is 0 Å². The first kappa shape index (κ1) is 9.91. The molecule has 0 aliphatic rings. The van der Waals surface area contributed by atoms with Crippen molar-refractivity contribution in [3.8, 4) is 11.3 Å². The van der Waals surface area contributed by atoms with Crippen LogP contribution in [0.25, 0.3) is 11.3 Å². The van der Waals surface area contributed by atoms with E-state index in [1.54, 1.807) is 0 Å². The van der Waals surface area contributed by atoms with Crippen LogP contribution in [-0.2, 0) is 0 Å². The van der Waals surface area contributed by atoms with Gasteiger partial charge in [-0.2, -0.15) is 0 Å². The van der Waals surface area contributed by atoms with Crippen LogP contribution in [0.3, 0.4) is 0 Å². The van der Waals surface area contributed by atoms with Crippen LogP contribution >= 0.6 is 0 Å². The molecule has 0 bridgehead atoms. The summed E-state index contributed by atoms with van der Waals surface area (Å²) in [4.78, 5) is 4.47. The molecule has 1 heteroatoms. The van der Waals surface area contributed by atoms with Gasteiger partial charge in [-0.1, -0.05) is 24.3 Å². The summed E-state index contributed by atoms with van der Waals surface area (Å²) in [6, 6.07) is 10.4. The van der Waals surface area contributed by atoms with Crippen LogP contribution in [0.2, 0.25) is 0 Å². The molecule has 1 aromatic heterocycles. The van der Waals surface area contributed by atoms with E-state index in [4.69, 9.17) is 0 Å². The predicted octanol–water partition coefficient (Wildman–Crippen LogP) is 3.67. The third kappa shape index (κ3) is 1.78. The molecule has 1 heterocycles. The smallest absolute Gasteiger partial charge is 0.0736 e. The zero-order chi connectivity index (χ0) is 10.8. The maximum atomic E-state index is 4.47. The molecule has 0 radical (unpaired) electrons. The molecule has 0 aliphatic heterocycles. The van der Waals surface area contributed by atoms with Gasteiger partial charge in [0.2, 0.25) is 0 Å². The van der Waals surface area contributed by atoms with E-state index in [1.807, 2.05) is 6.20 Å². The number of pyridine rings is 1. The van der Waals surface area contributed by atoms with Gasteiger partial charge in [-0.15, -0.1) is 0 Å². The fraction of sp³-hybridized carbons (Fsp3) is 0.214. The summed E-state index contributed by atoms with van der Waals surface area (Å²) in [6.07, 6.45) is 1.88. The fourth-order valence-corrected chi connectivity index (χ4v) is 1.74. The van der Waals surface area contributed by atoms with Gasteiger partial charge in [0, 0.05) is 11.8 Å². The second kappa shape index (κ2) is 3.85. The van der Waals surface area contributed by atoms with Crippen molar-refractivity contribution in [1.82, 2.24) is 4.98 Å². The van der Waals surface area contributed by atoms with E-state index in [9.17, 15) is 0 Å². The first-order chi connectivity index (χ1) is 7.20. The molecule has 0 unspecified atom stereocenters. The number of hydrogen-bond acceptors (Lipinski definition) is 1. The Hall–Kier alpha value is -1.63. The monoisotopic (exact) mass is 197 g/mol. The largest absolute Gasteiger partial charge is 0.256 e. The summed E-state index contributed by atoms with van der Waals surface area (Å²) >= 11 is 0. The van der Waals surface area contributed by atoms with E-state index in [-0.39, 0.29) is 0 Å². The Labute approximate surface area is 90.8 Å². The zero-order valence-electron chi connectivity index (χ0n) is 9.41. The van der Waals surface area contributed by atoms with Gasteiger partial charge in [-0.05, 0) is 43.5 Å². The summed E-state index contributed by atoms with van der Waals surface area (Å²) in [7, 11) is 0. The van der Waals surface area contributed by atoms with Crippen molar-refractivity contribution in [2.24, 2.45) is 0 Å². The summed E-state index contributed by atoms with van der Waals surface area (Å²) in [5, 5.41) is 0. The molecular weight excluding hydrogens is 182 g/mol. The van der Waals surface area contributed by atoms with Gasteiger partial charge in [0.1, 0.15) is 0 Å². The Morgan fingerprint density at radius 3 is 2.33 bits per heavy atom. The second-order valence-electron chi connectivity index (χ2n) is 3.92. The van der Waals surface area contributed by atoms with E-state index in [0.29, 0.717) is 0 Å². The van der Waals surface area contributed by atoms with Crippen molar-refractivity contribution in [3.63, 3.8) is 0 Å². The highest BCUT2D eigenvalue weighted by Gasteiger charge is 2.06. The van der Waals surface area contributed by atoms with Gasteiger partial charge in [-0.3, -0.25) is 4.98 Å². The summed E-state index contributed by atoms with van der Waals surface area (Å²) in [5.74, 6) is 0. The second-order valence-corrected chi connectivity index (χ2v) is 3.92. The number of benzene rings is 1. The van der Waals surface area contributed by atoms with Crippen molar-refractivity contribution in [3.05, 3.63) is 53.2 Å². The molecule has 1 aromatic carbocycles. The highest BCUT2D eigenvalue weighted by atomic mass is 14.7. The summed E-state index contributed by atoms with van der Waals surface area (Å²) < 4.78 is 0. The van der Waals surface area contributed by atoms with Crippen LogP contribution in [-0.4, -0.2) is 4.98 Å². The molecule has 0 amide bonds. The first-order valence-electron chi connectivity index (χ1n) is 5.18. The maximum absolute atomic E-state index is 4.47. The van der Waals surface area contributed by atoms with Gasteiger partial charge in [0.05, 0.1) is 5.69 Å². The number of aromatic nitrogens is 1. The molecule has 0 saturated heterocycles. The fourth-order valence-electron chi connectivity index (χ4n) is 1.74. The SMILES string of the molecule is Cc1ccccc1-c1nccc(C)c1C. The lowest BCUT2D eigenvalue weighted by Gasteiger charge is -2.09. The van der Waals surface area contributed by atoms with Crippen LogP contribution in [0.4, 0.5) is 0 Å². The maximum Gasteiger partial charge on any atom is 0.0736 e. The lowest BCUT2D eigenvalue weighted by atomic mass is 9.99. The number of nitrogens with zero attached hydrogens (tertiary/aromatic N) is 1. The van der Waals surface area contributed by atoms with Gasteiger partial charge in [-0.25, -0.2) is 0 Å². The molecule has 0 spiro atoms. The van der Waals surface area contributed by atoms with Crippen molar-refractivity contribution < 1.29 is 0 Å². The van der Waals surface area contributed by atoms with Crippen molar-refractivity contribution >= 4 is 0 Å². The first-order valence-corrected chi connectivity index (χ1v) is 5.18. The van der Waals surface area contributed by atoms with Crippen LogP contribution < -0.4 is 0 Å². The van der Waals surface area contributed by atoms with Crippen molar-refractivity contribution in [1.29, 1.82) is 0 Å². The van der Waals surface area contributed by atoms with Gasteiger partial charge < -0.3 is 0 Å². The topological polar surface area (TPSA) is 12.9 Å². The van der Waals surface area contributed by atoms with Gasteiger partial charge >= 0.3 is 0 Å². The molecule has 0 fully saturated rings. The van der Waals surface area contributed by atoms with Crippen LogP contribution in [0.15, 0.2) is 36.5 Å². The molecule has 0 N–H and O–H groups in total. The third-order valence-corrected chi connectivity index (χ3v) is 2.88. The summed E-state index contributed by atoms with van der Waals surface area (Å²) in [5.41, 5.74) is 6.18. The Morgan fingerprint density at radius 1 is 0.867 bits per heavy atom. The van der Waals surface area contributed by atoms with E-state index in [0.717, 1.165) is 5.69 Å². The molecular formula is C14H15N. The Balaban J connectivity index is 2.65. The van der Waals surface area contributed by atoms with Crippen molar-refractivity contribution in [2.45, 2.75) is 20.8 Å². The lowest BCUT2D eigenvalue weighted by Crippen LogP contribution is -1.92. The highest BCUT2D eigenvalue weighted by Crippen LogP contribution is 2.25. The number of hydrogen-bond donors (Lipinski definition) is 0. The minimum Gasteiger partial charge on any atom is -0.256 e. The molecule has 76 valence electrons. The highest BCUT2D eigenvalue weighted by molar-refractivity contribution is 5.67. The van der Waals surface area contributed by atoms with Crippen LogP contribution in [0.5, 0.6) is 0 Å². The molecule has 1 nitrogen and oxygen atoms in total. The Kier molecular flexibility index (Phi) is 2.55. The van der Waals surface area contributed by atoms with Crippen LogP contribution in [0.1, 0.15) is 16.7 Å². The average molecular weight is 197 g/mol. The Morgan fingerprint density at radius 2 is 1.60 bits per heavy atom. The molecule has 15 heavy (non-hydrogen) atoms. The molecule has 2 rings (SSSR count). The number of aryl methyl sites for hydroxylation is 2. The molecule has 0 aliphatic carbocycles. The van der Waals surface area contributed by atoms with Gasteiger partial charge in [0.25, 0.3) is 0 Å². The van der Waals surface area contributed by atoms with Crippen molar-refractivity contribution in [2.75, 3.05) is 0 Å². The van der Waals surface area contributed by atoms with Gasteiger partial charge in [0.15, 0.2) is 0 Å². The third-order valence-electron chi connectivity index (χ3n) is 2.88. The minimum atomic E-state index is 1.10. The predicted molar refractivity (Wildman–Crippen MR) is 63.9 cm³/mol. The number of rotatable bonds is 1. The quantitative estimate of drug-likeness (QED) is 0.679. The standard InChI is InChI=1S/C14H15N/c1-10-8-9-15-14(12(10)3)13-7-5-4-6-11(13)2/h4-9H,1-3H3. The molecule has 0 saturated carbocycles. The van der Waals surface area contributed by atoms with E-state index in [2.05, 4.69) is 56.1 Å². The lowest BCUT2D eigenvalue weighted by molar-refractivity contribution is 1.21. The normalized spacial score (nSPS) is 10.3. The molecule has 2 aromatic rings. The van der Waals surface area contributed by atoms with E-state index in [1.165, 1.54) is 22.3 Å². The minimum absolute atomic E-state index is 1.10. The summed E-state index contributed by atoms with van der Waals surface area (Å²) in [6.45, 7) is 6.38. The molecule has 0 atom stereocenters. The Bertz CT molecular complexity index is 486. The zero-order valence-corrected chi connectivity index (χ0v) is 9.41. The average Bonchev–Trinajstić information content (AvgIpc) is 2.23. The van der Waals surface area contributed by atoms with Crippen LogP contribution in [0, 0.1) is 20.8 Å².